The predicted octanol–water partition coefficient (Wildman–Crippen LogP) is 0.763. The molecule has 2 aliphatic heterocycles. The van der Waals surface area contributed by atoms with Crippen LogP contribution in [0.1, 0.15) is 23.7 Å². The summed E-state index contributed by atoms with van der Waals surface area (Å²) in [7, 11) is 2.15. The Bertz CT molecular complexity index is 604. The van der Waals surface area contributed by atoms with E-state index in [2.05, 4.69) is 27.5 Å². The Morgan fingerprint density at radius 1 is 1.22 bits per heavy atom. The smallest absolute Gasteiger partial charge is 0.251 e. The van der Waals surface area contributed by atoms with Crippen molar-refractivity contribution in [3.05, 3.63) is 29.8 Å². The molecule has 6 nitrogen and oxygen atoms in total. The van der Waals surface area contributed by atoms with Gasteiger partial charge in [0.2, 0.25) is 5.91 Å². The van der Waals surface area contributed by atoms with Gasteiger partial charge in [-0.15, -0.1) is 0 Å². The van der Waals surface area contributed by atoms with Gasteiger partial charge in [0.1, 0.15) is 0 Å². The summed E-state index contributed by atoms with van der Waals surface area (Å²) in [5, 5.41) is 5.84. The highest BCUT2D eigenvalue weighted by atomic mass is 16.2. The number of likely N-dealkylation sites (N-methyl/N-ethyl adjacent to an activating group) is 1. The number of carbonyl (C=O) groups is 2. The standard InChI is InChI=1S/C17H24N4O2/c1-12(22)18-14-5-3-4-13(8-14)17(23)19-15-9-16-11-20(2)6-7-21(16)10-15/h3-5,8,15-16H,6-7,9-11H2,1-2H3,(H,18,22)(H,19,23)/t15-,16-/m0/s1. The Morgan fingerprint density at radius 2 is 2.04 bits per heavy atom. The molecule has 0 radical (unpaired) electrons. The van der Waals surface area contributed by atoms with Crippen LogP contribution in [-0.2, 0) is 4.79 Å². The van der Waals surface area contributed by atoms with Crippen molar-refractivity contribution in [3.8, 4) is 0 Å². The van der Waals surface area contributed by atoms with Gasteiger partial charge in [-0.3, -0.25) is 14.5 Å². The van der Waals surface area contributed by atoms with Crippen LogP contribution in [0, 0.1) is 0 Å². The van der Waals surface area contributed by atoms with Gasteiger partial charge in [-0.05, 0) is 31.7 Å². The highest BCUT2D eigenvalue weighted by Gasteiger charge is 2.35. The molecule has 0 aliphatic carbocycles. The molecular formula is C17H24N4O2. The summed E-state index contributed by atoms with van der Waals surface area (Å²) < 4.78 is 0. The van der Waals surface area contributed by atoms with Crippen LogP contribution >= 0.6 is 0 Å². The van der Waals surface area contributed by atoms with Gasteiger partial charge in [0.15, 0.2) is 0 Å². The largest absolute Gasteiger partial charge is 0.348 e. The monoisotopic (exact) mass is 316 g/mol. The zero-order valence-corrected chi connectivity index (χ0v) is 13.7. The number of hydrogen-bond donors (Lipinski definition) is 2. The van der Waals surface area contributed by atoms with E-state index in [0.717, 1.165) is 32.6 Å². The van der Waals surface area contributed by atoms with Crippen LogP contribution < -0.4 is 10.6 Å². The van der Waals surface area contributed by atoms with Gasteiger partial charge in [-0.2, -0.15) is 0 Å². The Balaban J connectivity index is 1.60. The lowest BCUT2D eigenvalue weighted by atomic mass is 10.1. The predicted molar refractivity (Wildman–Crippen MR) is 89.5 cm³/mol. The number of nitrogens with one attached hydrogen (secondary N) is 2. The van der Waals surface area contributed by atoms with Gasteiger partial charge >= 0.3 is 0 Å². The second-order valence-electron chi connectivity index (χ2n) is 6.58. The SMILES string of the molecule is CC(=O)Nc1cccc(C(=O)N[C@H]2C[C@H]3CN(C)CCN3C2)c1. The quantitative estimate of drug-likeness (QED) is 0.864. The minimum Gasteiger partial charge on any atom is -0.348 e. The number of benzene rings is 1. The van der Waals surface area contributed by atoms with Crippen molar-refractivity contribution < 1.29 is 9.59 Å². The molecule has 6 heteroatoms. The minimum atomic E-state index is -0.139. The summed E-state index contributed by atoms with van der Waals surface area (Å²) in [5.74, 6) is -0.213. The van der Waals surface area contributed by atoms with Crippen molar-refractivity contribution in [2.24, 2.45) is 0 Å². The molecule has 2 N–H and O–H groups in total. The first-order valence-electron chi connectivity index (χ1n) is 8.12. The third-order valence-electron chi connectivity index (χ3n) is 4.60. The maximum atomic E-state index is 12.5. The Hall–Kier alpha value is -1.92. The summed E-state index contributed by atoms with van der Waals surface area (Å²) in [4.78, 5) is 28.4. The fraction of sp³-hybridized carbons (Fsp3) is 0.529. The summed E-state index contributed by atoms with van der Waals surface area (Å²) in [6.07, 6.45) is 1.00. The molecule has 23 heavy (non-hydrogen) atoms. The van der Waals surface area contributed by atoms with Crippen molar-refractivity contribution in [2.75, 3.05) is 38.5 Å². The van der Waals surface area contributed by atoms with Gasteiger partial charge in [0, 0.05) is 56.4 Å². The second-order valence-corrected chi connectivity index (χ2v) is 6.58. The molecule has 124 valence electrons. The van der Waals surface area contributed by atoms with E-state index >= 15 is 0 Å². The molecule has 2 amide bonds. The van der Waals surface area contributed by atoms with E-state index in [-0.39, 0.29) is 17.9 Å². The van der Waals surface area contributed by atoms with Gasteiger partial charge in [0.05, 0.1) is 0 Å². The van der Waals surface area contributed by atoms with Crippen LogP contribution in [0.25, 0.3) is 0 Å². The summed E-state index contributed by atoms with van der Waals surface area (Å²) in [5.41, 5.74) is 1.23. The topological polar surface area (TPSA) is 64.7 Å². The summed E-state index contributed by atoms with van der Waals surface area (Å²) >= 11 is 0. The Kier molecular flexibility index (Phi) is 4.63. The Morgan fingerprint density at radius 3 is 2.83 bits per heavy atom. The van der Waals surface area contributed by atoms with E-state index < -0.39 is 0 Å². The van der Waals surface area contributed by atoms with Crippen molar-refractivity contribution in [2.45, 2.75) is 25.4 Å². The van der Waals surface area contributed by atoms with Crippen molar-refractivity contribution >= 4 is 17.5 Å². The van der Waals surface area contributed by atoms with Crippen LogP contribution in [0.2, 0.25) is 0 Å². The molecule has 1 aromatic rings. The number of fused-ring (bicyclic) bond motifs is 1. The number of nitrogens with zero attached hydrogens (tertiary/aromatic N) is 2. The molecule has 2 fully saturated rings. The van der Waals surface area contributed by atoms with Crippen LogP contribution in [0.4, 0.5) is 5.69 Å². The maximum Gasteiger partial charge on any atom is 0.251 e. The first-order chi connectivity index (χ1) is 11.0. The average Bonchev–Trinajstić information content (AvgIpc) is 2.88. The molecule has 0 aromatic heterocycles. The second kappa shape index (κ2) is 6.68. The molecule has 0 saturated carbocycles. The van der Waals surface area contributed by atoms with Gasteiger partial charge in [-0.1, -0.05) is 6.07 Å². The van der Waals surface area contributed by atoms with Crippen LogP contribution in [-0.4, -0.2) is 66.9 Å². The van der Waals surface area contributed by atoms with E-state index in [0.29, 0.717) is 17.3 Å². The highest BCUT2D eigenvalue weighted by Crippen LogP contribution is 2.22. The van der Waals surface area contributed by atoms with Gasteiger partial charge in [0.25, 0.3) is 5.91 Å². The first-order valence-corrected chi connectivity index (χ1v) is 8.12. The van der Waals surface area contributed by atoms with Crippen LogP contribution in [0.3, 0.4) is 0 Å². The lowest BCUT2D eigenvalue weighted by Gasteiger charge is -2.34. The van der Waals surface area contributed by atoms with Crippen LogP contribution in [0.5, 0.6) is 0 Å². The number of piperazine rings is 1. The van der Waals surface area contributed by atoms with Crippen molar-refractivity contribution in [1.82, 2.24) is 15.1 Å². The lowest BCUT2D eigenvalue weighted by molar-refractivity contribution is -0.114. The molecule has 2 aliphatic rings. The maximum absolute atomic E-state index is 12.5. The number of amides is 2. The molecule has 1 aromatic carbocycles. The molecule has 0 bridgehead atoms. The zero-order valence-electron chi connectivity index (χ0n) is 13.7. The third kappa shape index (κ3) is 3.89. The van der Waals surface area contributed by atoms with E-state index in [4.69, 9.17) is 0 Å². The average molecular weight is 316 g/mol. The van der Waals surface area contributed by atoms with Gasteiger partial charge in [-0.25, -0.2) is 0 Å². The Labute approximate surface area is 136 Å². The first kappa shape index (κ1) is 16.0. The minimum absolute atomic E-state index is 0.0737. The number of carbonyl (C=O) groups excluding carboxylic acids is 2. The summed E-state index contributed by atoms with van der Waals surface area (Å²) in [6, 6.07) is 7.80. The molecular weight excluding hydrogens is 292 g/mol. The lowest BCUT2D eigenvalue weighted by Crippen LogP contribution is -2.48. The highest BCUT2D eigenvalue weighted by molar-refractivity contribution is 5.96. The van der Waals surface area contributed by atoms with Crippen molar-refractivity contribution in [3.63, 3.8) is 0 Å². The summed E-state index contributed by atoms with van der Waals surface area (Å²) in [6.45, 7) is 5.62. The van der Waals surface area contributed by atoms with E-state index in [1.54, 1.807) is 24.3 Å². The van der Waals surface area contributed by atoms with Gasteiger partial charge < -0.3 is 15.5 Å². The third-order valence-corrected chi connectivity index (χ3v) is 4.60. The molecule has 2 saturated heterocycles. The molecule has 0 spiro atoms. The van der Waals surface area contributed by atoms with Crippen molar-refractivity contribution in [1.29, 1.82) is 0 Å². The normalized spacial score (nSPS) is 25.0. The number of hydrogen-bond acceptors (Lipinski definition) is 4. The fourth-order valence-electron chi connectivity index (χ4n) is 3.51. The van der Waals surface area contributed by atoms with Crippen LogP contribution in [0.15, 0.2) is 24.3 Å². The molecule has 2 heterocycles. The molecule has 0 unspecified atom stereocenters. The van der Waals surface area contributed by atoms with E-state index in [1.165, 1.54) is 6.92 Å². The number of rotatable bonds is 3. The van der Waals surface area contributed by atoms with E-state index in [1.807, 2.05) is 0 Å². The number of anilines is 1. The zero-order chi connectivity index (χ0) is 16.4. The molecule has 2 atom stereocenters. The fourth-order valence-corrected chi connectivity index (χ4v) is 3.51. The molecule has 3 rings (SSSR count). The van der Waals surface area contributed by atoms with E-state index in [9.17, 15) is 9.59 Å².